The molecule has 9 heteroatoms. The lowest BCUT2D eigenvalue weighted by Gasteiger charge is -2.18. The fraction of sp³-hybridized carbons (Fsp3) is 0.172. The Bertz CT molecular complexity index is 1560. The van der Waals surface area contributed by atoms with Gasteiger partial charge in [-0.05, 0) is 62.7 Å². The highest BCUT2D eigenvalue weighted by molar-refractivity contribution is 7.89. The molecule has 4 aromatic rings. The molecule has 38 heavy (non-hydrogen) atoms. The molecule has 0 saturated heterocycles. The number of aromatic nitrogens is 1. The summed E-state index contributed by atoms with van der Waals surface area (Å²) in [6.45, 7) is 5.83. The normalized spacial score (nSPS) is 12.5. The van der Waals surface area contributed by atoms with Crippen LogP contribution in [-0.2, 0) is 14.8 Å². The van der Waals surface area contributed by atoms with Crippen LogP contribution in [0.3, 0.4) is 0 Å². The molecule has 0 unspecified atom stereocenters. The average Bonchev–Trinajstić information content (AvgIpc) is 3.17. The lowest BCUT2D eigenvalue weighted by Crippen LogP contribution is -2.32. The number of halogens is 1. The van der Waals surface area contributed by atoms with Gasteiger partial charge in [-0.15, -0.1) is 0 Å². The number of hydrogen-bond acceptors (Lipinski definition) is 4. The van der Waals surface area contributed by atoms with Crippen LogP contribution in [0.25, 0.3) is 5.69 Å². The Kier molecular flexibility index (Phi) is 8.46. The smallest absolute Gasteiger partial charge is 0.242 e. The number of nitrogens with zero attached hydrogens (tertiary/aromatic N) is 2. The Balaban J connectivity index is 1.48. The third-order valence-corrected chi connectivity index (χ3v) is 7.87. The molecule has 7 nitrogen and oxygen atoms in total. The van der Waals surface area contributed by atoms with Crippen molar-refractivity contribution in [2.24, 2.45) is 5.10 Å². The summed E-state index contributed by atoms with van der Waals surface area (Å²) in [5, 5.41) is 4.78. The first-order valence-electron chi connectivity index (χ1n) is 12.0. The minimum absolute atomic E-state index is 0.131. The summed E-state index contributed by atoms with van der Waals surface area (Å²) in [6.07, 6.45) is 1.45. The number of nitrogens with one attached hydrogen (secondary N) is 2. The van der Waals surface area contributed by atoms with E-state index in [0.717, 1.165) is 28.2 Å². The zero-order valence-electron chi connectivity index (χ0n) is 21.4. The maximum Gasteiger partial charge on any atom is 0.242 e. The maximum atomic E-state index is 13.0. The summed E-state index contributed by atoms with van der Waals surface area (Å²) in [7, 11) is -3.85. The number of rotatable bonds is 9. The molecule has 0 aliphatic rings. The highest BCUT2D eigenvalue weighted by Gasteiger charge is 2.23. The van der Waals surface area contributed by atoms with Crippen LogP contribution in [0.15, 0.2) is 94.9 Å². The summed E-state index contributed by atoms with van der Waals surface area (Å²) in [6, 6.07) is 24.3. The Hall–Kier alpha value is -3.72. The first kappa shape index (κ1) is 27.3. The Morgan fingerprint density at radius 2 is 1.68 bits per heavy atom. The van der Waals surface area contributed by atoms with Gasteiger partial charge in [0.1, 0.15) is 0 Å². The quantitative estimate of drug-likeness (QED) is 0.210. The van der Waals surface area contributed by atoms with E-state index in [0.29, 0.717) is 10.6 Å². The number of hydrogen-bond donors (Lipinski definition) is 2. The summed E-state index contributed by atoms with van der Waals surface area (Å²) in [5.74, 6) is -0.426. The first-order valence-corrected chi connectivity index (χ1v) is 13.9. The van der Waals surface area contributed by atoms with Crippen LogP contribution in [0.1, 0.15) is 40.5 Å². The minimum Gasteiger partial charge on any atom is -0.318 e. The van der Waals surface area contributed by atoms with Crippen molar-refractivity contribution in [2.75, 3.05) is 0 Å². The van der Waals surface area contributed by atoms with Crippen molar-refractivity contribution >= 4 is 33.7 Å². The monoisotopic (exact) mass is 548 g/mol. The van der Waals surface area contributed by atoms with Crippen LogP contribution >= 0.6 is 11.6 Å². The summed E-state index contributed by atoms with van der Waals surface area (Å²) >= 11 is 6.16. The van der Waals surface area contributed by atoms with Gasteiger partial charge in [0.2, 0.25) is 15.9 Å². The first-order chi connectivity index (χ1) is 18.1. The number of hydrazone groups is 1. The van der Waals surface area contributed by atoms with Crippen molar-refractivity contribution in [3.63, 3.8) is 0 Å². The van der Waals surface area contributed by atoms with Gasteiger partial charge in [-0.1, -0.05) is 65.7 Å². The molecule has 0 aliphatic heterocycles. The second-order valence-corrected chi connectivity index (χ2v) is 11.2. The second kappa shape index (κ2) is 11.8. The lowest BCUT2D eigenvalue weighted by molar-refractivity contribution is -0.121. The third-order valence-electron chi connectivity index (χ3n) is 6.15. The predicted octanol–water partition coefficient (Wildman–Crippen LogP) is 5.62. The fourth-order valence-corrected chi connectivity index (χ4v) is 5.63. The summed E-state index contributed by atoms with van der Waals surface area (Å²) in [4.78, 5) is 13.0. The van der Waals surface area contributed by atoms with E-state index < -0.39 is 22.0 Å². The molecule has 0 fully saturated rings. The zero-order valence-corrected chi connectivity index (χ0v) is 22.9. The van der Waals surface area contributed by atoms with Crippen LogP contribution in [0, 0.1) is 20.8 Å². The molecular weight excluding hydrogens is 520 g/mol. The molecule has 1 aromatic heterocycles. The molecule has 1 heterocycles. The molecule has 1 amide bonds. The van der Waals surface area contributed by atoms with Crippen molar-refractivity contribution in [2.45, 2.75) is 38.1 Å². The predicted molar refractivity (Wildman–Crippen MR) is 151 cm³/mol. The van der Waals surface area contributed by atoms with Crippen molar-refractivity contribution in [1.29, 1.82) is 0 Å². The van der Waals surface area contributed by atoms with Crippen LogP contribution in [0.2, 0.25) is 5.02 Å². The Labute approximate surface area is 228 Å². The molecule has 3 aromatic carbocycles. The highest BCUT2D eigenvalue weighted by Crippen LogP contribution is 2.23. The van der Waals surface area contributed by atoms with Gasteiger partial charge in [0.15, 0.2) is 0 Å². The van der Waals surface area contributed by atoms with Gasteiger partial charge in [0.25, 0.3) is 0 Å². The molecular formula is C29H29ClN4O3S. The van der Waals surface area contributed by atoms with Crippen molar-refractivity contribution in [3.8, 4) is 5.69 Å². The van der Waals surface area contributed by atoms with E-state index in [4.69, 9.17) is 11.6 Å². The number of amides is 1. The van der Waals surface area contributed by atoms with Crippen LogP contribution in [0.4, 0.5) is 0 Å². The number of carbonyl (C=O) groups excluding carboxylic acids is 1. The van der Waals surface area contributed by atoms with Gasteiger partial charge in [-0.2, -0.15) is 5.10 Å². The standard InChI is InChI=1S/C29H29ClN4O3S/c1-20-12-14-27(15-13-20)38(36,37)33-28(23-8-5-4-6-9-23)18-29(35)32-31-19-24-16-21(2)34(22(24)3)26-11-7-10-25(30)17-26/h4-17,19,28,33H,18H2,1-3H3,(H,32,35)/b31-19-/t28-/m0/s1. The van der Waals surface area contributed by atoms with E-state index >= 15 is 0 Å². The molecule has 0 aliphatic carbocycles. The molecule has 1 atom stereocenters. The molecule has 0 saturated carbocycles. The van der Waals surface area contributed by atoms with Crippen molar-refractivity contribution in [1.82, 2.24) is 14.7 Å². The molecule has 2 N–H and O–H groups in total. The van der Waals surface area contributed by atoms with E-state index in [-0.39, 0.29) is 11.3 Å². The number of aryl methyl sites for hydroxylation is 2. The molecule has 0 bridgehead atoms. The average molecular weight is 549 g/mol. The lowest BCUT2D eigenvalue weighted by atomic mass is 10.0. The zero-order chi connectivity index (χ0) is 27.3. The topological polar surface area (TPSA) is 92.6 Å². The highest BCUT2D eigenvalue weighted by atomic mass is 35.5. The van der Waals surface area contributed by atoms with Gasteiger partial charge in [-0.25, -0.2) is 18.6 Å². The van der Waals surface area contributed by atoms with Gasteiger partial charge in [0.05, 0.1) is 17.2 Å². The van der Waals surface area contributed by atoms with E-state index in [9.17, 15) is 13.2 Å². The Morgan fingerprint density at radius 1 is 0.974 bits per heavy atom. The van der Waals surface area contributed by atoms with Crippen LogP contribution in [0.5, 0.6) is 0 Å². The molecule has 0 radical (unpaired) electrons. The molecule has 196 valence electrons. The maximum absolute atomic E-state index is 13.0. The van der Waals surface area contributed by atoms with Gasteiger partial charge >= 0.3 is 0 Å². The van der Waals surface area contributed by atoms with Crippen LogP contribution in [-0.4, -0.2) is 25.1 Å². The van der Waals surface area contributed by atoms with Crippen molar-refractivity contribution < 1.29 is 13.2 Å². The van der Waals surface area contributed by atoms with Gasteiger partial charge in [-0.3, -0.25) is 4.79 Å². The summed E-state index contributed by atoms with van der Waals surface area (Å²) in [5.41, 5.74) is 7.86. The van der Waals surface area contributed by atoms with E-state index in [2.05, 4.69) is 19.8 Å². The third kappa shape index (κ3) is 6.58. The fourth-order valence-electron chi connectivity index (χ4n) is 4.22. The summed E-state index contributed by atoms with van der Waals surface area (Å²) < 4.78 is 30.8. The molecule has 0 spiro atoms. The largest absolute Gasteiger partial charge is 0.318 e. The Morgan fingerprint density at radius 3 is 2.37 bits per heavy atom. The van der Waals surface area contributed by atoms with E-state index in [1.807, 2.05) is 57.2 Å². The number of carbonyl (C=O) groups is 1. The van der Waals surface area contributed by atoms with Gasteiger partial charge < -0.3 is 4.57 Å². The van der Waals surface area contributed by atoms with Crippen LogP contribution < -0.4 is 10.1 Å². The number of sulfonamides is 1. The number of benzene rings is 3. The van der Waals surface area contributed by atoms with E-state index in [1.165, 1.54) is 0 Å². The van der Waals surface area contributed by atoms with Gasteiger partial charge in [0, 0.05) is 34.1 Å². The second-order valence-electron chi connectivity index (χ2n) is 9.04. The SMILES string of the molecule is Cc1ccc(S(=O)(=O)N[C@@H](CC(=O)N/N=C\c2cc(C)n(-c3cccc(Cl)c3)c2C)c2ccccc2)cc1. The molecule has 4 rings (SSSR count). The van der Waals surface area contributed by atoms with Crippen molar-refractivity contribution in [3.05, 3.63) is 118 Å². The van der Waals surface area contributed by atoms with E-state index in [1.54, 1.807) is 54.7 Å². The minimum atomic E-state index is -3.85.